The lowest BCUT2D eigenvalue weighted by Crippen LogP contribution is -2.59. The van der Waals surface area contributed by atoms with Gasteiger partial charge in [0.1, 0.15) is 48.3 Å². The summed E-state index contributed by atoms with van der Waals surface area (Å²) in [5, 5.41) is 10.7. The molecule has 0 rings (SSSR count). The van der Waals surface area contributed by atoms with Crippen molar-refractivity contribution in [3.05, 3.63) is 12.1 Å². The van der Waals surface area contributed by atoms with Gasteiger partial charge in [0, 0.05) is 97.5 Å². The minimum atomic E-state index is -1.11. The molecule has 0 aliphatic carbocycles. The second kappa shape index (κ2) is 25.8. The molecular weight excluding hydrogens is 871 g/mol. The maximum absolute atomic E-state index is 13.7. The van der Waals surface area contributed by atoms with Crippen molar-refractivity contribution in [2.24, 2.45) is 5.92 Å². The molecule has 0 fully saturated rings. The lowest BCUT2D eigenvalue weighted by molar-refractivity contribution is -0.155. The number of carbonyl (C=O) groups is 10. The van der Waals surface area contributed by atoms with Crippen molar-refractivity contribution in [3.8, 4) is 0 Å². The van der Waals surface area contributed by atoms with E-state index in [9.17, 15) is 53.1 Å². The highest BCUT2D eigenvalue weighted by molar-refractivity contribution is 5.97. The van der Waals surface area contributed by atoms with Crippen molar-refractivity contribution < 1.29 is 53.1 Å². The van der Waals surface area contributed by atoms with Crippen LogP contribution in [-0.4, -0.2) is 257 Å². The van der Waals surface area contributed by atoms with Gasteiger partial charge in [-0.1, -0.05) is 6.92 Å². The molecule has 0 bridgehead atoms. The van der Waals surface area contributed by atoms with Crippen LogP contribution in [0.1, 0.15) is 76.2 Å². The van der Waals surface area contributed by atoms with Gasteiger partial charge in [-0.15, -0.1) is 0 Å². The molecule has 10 amide bonds. The molecule has 0 aromatic heterocycles. The minimum absolute atomic E-state index is 0.0994. The summed E-state index contributed by atoms with van der Waals surface area (Å²) >= 11 is 0. The van der Waals surface area contributed by atoms with E-state index in [1.807, 2.05) is 6.92 Å². The van der Waals surface area contributed by atoms with Gasteiger partial charge in [-0.25, -0.2) is 0 Å². The third-order valence-electron chi connectivity index (χ3n) is 13.3. The minimum Gasteiger partial charge on any atom is -0.494 e. The van der Waals surface area contributed by atoms with Crippen LogP contribution in [0.25, 0.3) is 0 Å². The Morgan fingerprint density at radius 1 is 0.373 bits per heavy atom. The molecule has 0 saturated heterocycles. The first-order valence-corrected chi connectivity index (χ1v) is 22.3. The van der Waals surface area contributed by atoms with Crippen LogP contribution < -0.4 is 0 Å². The zero-order valence-electron chi connectivity index (χ0n) is 44.1. The fourth-order valence-electron chi connectivity index (χ4n) is 6.74. The summed E-state index contributed by atoms with van der Waals surface area (Å²) in [5.41, 5.74) is 0. The highest BCUT2D eigenvalue weighted by Crippen LogP contribution is 2.16. The van der Waals surface area contributed by atoms with Crippen LogP contribution in [-0.2, 0) is 47.9 Å². The van der Waals surface area contributed by atoms with Crippen LogP contribution in [0, 0.1) is 5.92 Å². The molecule has 0 aromatic carbocycles. The van der Waals surface area contributed by atoms with Crippen molar-refractivity contribution in [1.29, 1.82) is 0 Å². The van der Waals surface area contributed by atoms with Gasteiger partial charge in [0.05, 0.1) is 12.1 Å². The Hall–Kier alpha value is -5.96. The predicted octanol–water partition coefficient (Wildman–Crippen LogP) is -0.357. The zero-order chi connectivity index (χ0) is 53.0. The monoisotopic (exact) mass is 952 g/mol. The van der Waals surface area contributed by atoms with Crippen LogP contribution >= 0.6 is 0 Å². The summed E-state index contributed by atoms with van der Waals surface area (Å²) in [4.78, 5) is 146. The molecule has 1 unspecified atom stereocenters. The molecule has 0 spiro atoms. The first-order chi connectivity index (χ1) is 30.6. The normalized spacial score (nSPS) is 15.3. The lowest BCUT2D eigenvalue weighted by atomic mass is 10.1. The van der Waals surface area contributed by atoms with E-state index in [0.717, 1.165) is 24.5 Å². The first-order valence-electron chi connectivity index (χ1n) is 22.3. The number of rotatable bonds is 22. The largest absolute Gasteiger partial charge is 0.494 e. The summed E-state index contributed by atoms with van der Waals surface area (Å²) in [7, 11) is 15.9. The molecule has 382 valence electrons. The van der Waals surface area contributed by atoms with E-state index in [4.69, 9.17) is 0 Å². The van der Waals surface area contributed by atoms with Crippen molar-refractivity contribution >= 4 is 59.1 Å². The lowest BCUT2D eigenvalue weighted by Gasteiger charge is -2.37. The number of aliphatic hydroxyl groups is 1. The Labute approximate surface area is 398 Å². The second-order valence-corrected chi connectivity index (χ2v) is 17.8. The maximum Gasteiger partial charge on any atom is 0.248 e. The molecule has 9 atom stereocenters. The number of hydrogen-bond acceptors (Lipinski definition) is 12. The van der Waals surface area contributed by atoms with Crippen LogP contribution in [0.15, 0.2) is 12.1 Å². The van der Waals surface area contributed by atoms with Gasteiger partial charge in [-0.3, -0.25) is 47.9 Å². The first kappa shape index (κ1) is 61.0. The smallest absolute Gasteiger partial charge is 0.248 e. The molecule has 0 radical (unpaired) electrons. The molecular formula is C45H81N11O11. The Bertz CT molecular complexity index is 1860. The average Bonchev–Trinajstić information content (AvgIpc) is 3.31. The number of nitrogens with zero attached hydrogens (tertiary/aromatic N) is 11. The van der Waals surface area contributed by atoms with E-state index >= 15 is 0 Å². The van der Waals surface area contributed by atoms with Crippen molar-refractivity contribution in [3.63, 3.8) is 0 Å². The Morgan fingerprint density at radius 2 is 0.597 bits per heavy atom. The highest BCUT2D eigenvalue weighted by atomic mass is 16.3. The van der Waals surface area contributed by atoms with E-state index in [2.05, 4.69) is 0 Å². The molecule has 0 heterocycles. The fourth-order valence-corrected chi connectivity index (χ4v) is 6.74. The van der Waals surface area contributed by atoms with Crippen molar-refractivity contribution in [2.75, 3.05) is 90.6 Å². The SMILES string of the molecule is CCN(C)C(=O)[C@H](C)CN(C)C(O)=CN(C)C(=O)[C@H](C)N(C)C(=O)C(C)N(C)C(=O)[C@H](C)N(C)C(=O)[C@H](C)N(C)C(=O)[C@H](C)N(C)C(=O)[C@@H](C)N(C)C(=O)[C@H](C)N(C)C(=O)[C@H](C)N(C)C(C)=O. The summed E-state index contributed by atoms with van der Waals surface area (Å²) < 4.78 is 0. The highest BCUT2D eigenvalue weighted by Gasteiger charge is 2.39. The third-order valence-corrected chi connectivity index (χ3v) is 13.3. The van der Waals surface area contributed by atoms with Crippen LogP contribution in [0.5, 0.6) is 0 Å². The molecule has 22 nitrogen and oxygen atoms in total. The van der Waals surface area contributed by atoms with Crippen molar-refractivity contribution in [2.45, 2.75) is 124 Å². The molecule has 0 saturated carbocycles. The summed E-state index contributed by atoms with van der Waals surface area (Å²) in [6.07, 6.45) is 1.19. The molecule has 0 aromatic rings. The number of amides is 10. The number of carbonyl (C=O) groups excluding carboxylic acids is 10. The summed E-state index contributed by atoms with van der Waals surface area (Å²) in [6, 6.07) is -8.32. The second-order valence-electron chi connectivity index (χ2n) is 17.8. The van der Waals surface area contributed by atoms with Gasteiger partial charge in [-0.05, 0) is 62.3 Å². The number of aliphatic hydroxyl groups excluding tert-OH is 1. The van der Waals surface area contributed by atoms with E-state index in [-0.39, 0.29) is 24.2 Å². The van der Waals surface area contributed by atoms with Gasteiger partial charge in [0.25, 0.3) is 0 Å². The van der Waals surface area contributed by atoms with Gasteiger partial charge in [0.15, 0.2) is 0 Å². The van der Waals surface area contributed by atoms with E-state index in [1.54, 1.807) is 32.8 Å². The number of likely N-dealkylation sites (N-methyl/N-ethyl adjacent to an activating group) is 9. The van der Waals surface area contributed by atoms with E-state index in [1.165, 1.54) is 150 Å². The summed E-state index contributed by atoms with van der Waals surface area (Å²) in [5.74, 6) is -5.71. The zero-order valence-corrected chi connectivity index (χ0v) is 44.1. The van der Waals surface area contributed by atoms with Crippen LogP contribution in [0.4, 0.5) is 0 Å². The quantitative estimate of drug-likeness (QED) is 0.138. The van der Waals surface area contributed by atoms with Gasteiger partial charge >= 0.3 is 0 Å². The molecule has 0 aliphatic heterocycles. The fraction of sp³-hybridized carbons (Fsp3) is 0.733. The number of hydrogen-bond donors (Lipinski definition) is 1. The molecule has 67 heavy (non-hydrogen) atoms. The molecule has 0 aliphatic rings. The van der Waals surface area contributed by atoms with E-state index in [0.29, 0.717) is 6.54 Å². The topological polar surface area (TPSA) is 227 Å². The van der Waals surface area contributed by atoms with Crippen LogP contribution in [0.2, 0.25) is 0 Å². The molecule has 1 N–H and O–H groups in total. The predicted molar refractivity (Wildman–Crippen MR) is 252 cm³/mol. The maximum atomic E-state index is 13.7. The molecule has 22 heteroatoms. The third kappa shape index (κ3) is 15.0. The van der Waals surface area contributed by atoms with Gasteiger partial charge in [0.2, 0.25) is 65.0 Å². The van der Waals surface area contributed by atoms with Crippen LogP contribution in [0.3, 0.4) is 0 Å². The van der Waals surface area contributed by atoms with E-state index < -0.39 is 102 Å². The standard InChI is InChI=1S/C45H81N11O11/c1-23-46(12)37(59)26(2)24-47(13)36(58)25-48(14)38(60)27(3)50(16)40(62)29(5)52(18)42(64)31(7)54(20)44(66)33(9)56(22)45(67)34(10)55(21)43(65)32(8)53(19)41(63)30(6)51(17)39(61)28(4)49(15)35(11)57/h25-34,58H,23-24H2,1-22H3/t26-,27+,28+,29?,30+,31+,32-,33+,34+/m1/s1. The Balaban J connectivity index is 5.75. The van der Waals surface area contributed by atoms with Gasteiger partial charge in [-0.2, -0.15) is 0 Å². The summed E-state index contributed by atoms with van der Waals surface area (Å²) in [6.45, 7) is 17.5. The average molecular weight is 952 g/mol. The Morgan fingerprint density at radius 3 is 0.821 bits per heavy atom. The van der Waals surface area contributed by atoms with Crippen molar-refractivity contribution in [1.82, 2.24) is 53.9 Å². The van der Waals surface area contributed by atoms with Gasteiger partial charge < -0.3 is 59.0 Å². The Kier molecular flexibility index (Phi) is 23.5.